The molecule has 1 aromatic carbocycles. The van der Waals surface area contributed by atoms with Crippen molar-refractivity contribution in [3.05, 3.63) is 41.5 Å². The molecule has 1 fully saturated rings. The summed E-state index contributed by atoms with van der Waals surface area (Å²) in [5, 5.41) is 2.75. The van der Waals surface area contributed by atoms with E-state index in [-0.39, 0.29) is 41.7 Å². The molecule has 1 saturated heterocycles. The molecule has 1 N–H and O–H groups in total. The molecule has 176 valence electrons. The average Bonchev–Trinajstić information content (AvgIpc) is 2.77. The maximum absolute atomic E-state index is 13.0. The predicted octanol–water partition coefficient (Wildman–Crippen LogP) is 2.65. The van der Waals surface area contributed by atoms with Crippen LogP contribution in [0.5, 0.6) is 0 Å². The lowest BCUT2D eigenvalue weighted by Gasteiger charge is -2.34. The predicted molar refractivity (Wildman–Crippen MR) is 120 cm³/mol. The van der Waals surface area contributed by atoms with Gasteiger partial charge in [0.25, 0.3) is 5.91 Å². The number of rotatable bonds is 8. The normalized spacial score (nSPS) is 22.1. The number of carbonyl (C=O) groups excluding carboxylic acids is 2. The van der Waals surface area contributed by atoms with E-state index < -0.39 is 22.6 Å². The first-order valence-corrected chi connectivity index (χ1v) is 12.6. The lowest BCUT2D eigenvalue weighted by atomic mass is 9.97. The van der Waals surface area contributed by atoms with Crippen molar-refractivity contribution in [1.29, 1.82) is 0 Å². The first-order chi connectivity index (χ1) is 15.3. The summed E-state index contributed by atoms with van der Waals surface area (Å²) < 4.78 is 38.1. The summed E-state index contributed by atoms with van der Waals surface area (Å²) in [5.74, 6) is -1.12. The van der Waals surface area contributed by atoms with Crippen LogP contribution in [0, 0.1) is 0 Å². The summed E-state index contributed by atoms with van der Waals surface area (Å²) >= 11 is 0. The van der Waals surface area contributed by atoms with Crippen molar-refractivity contribution >= 4 is 21.9 Å². The minimum absolute atomic E-state index is 0.0125. The lowest BCUT2D eigenvalue weighted by molar-refractivity contribution is -0.124. The van der Waals surface area contributed by atoms with Crippen LogP contribution in [-0.2, 0) is 24.3 Å². The van der Waals surface area contributed by atoms with E-state index >= 15 is 0 Å². The van der Waals surface area contributed by atoms with Crippen LogP contribution < -0.4 is 5.32 Å². The van der Waals surface area contributed by atoms with E-state index in [0.717, 1.165) is 19.3 Å². The Balaban J connectivity index is 1.53. The fourth-order valence-corrected chi connectivity index (χ4v) is 5.66. The molecule has 0 saturated carbocycles. The highest BCUT2D eigenvalue weighted by Gasteiger charge is 2.32. The molecule has 2 aliphatic rings. The first kappa shape index (κ1) is 24.4. The lowest BCUT2D eigenvalue weighted by Crippen LogP contribution is -2.48. The Labute approximate surface area is 190 Å². The number of nitrogens with zero attached hydrogens (tertiary/aromatic N) is 1. The first-order valence-electron chi connectivity index (χ1n) is 11.1. The van der Waals surface area contributed by atoms with E-state index in [4.69, 9.17) is 9.47 Å². The topological polar surface area (TPSA) is 102 Å². The molecule has 3 rings (SSSR count). The number of ether oxygens (including phenoxy) is 2. The summed E-state index contributed by atoms with van der Waals surface area (Å²) in [6.45, 7) is 4.24. The third-order valence-electron chi connectivity index (χ3n) is 5.58. The van der Waals surface area contributed by atoms with Crippen molar-refractivity contribution < 1.29 is 27.5 Å². The van der Waals surface area contributed by atoms with Gasteiger partial charge >= 0.3 is 5.97 Å². The Morgan fingerprint density at radius 2 is 1.94 bits per heavy atom. The summed E-state index contributed by atoms with van der Waals surface area (Å²) in [7, 11) is -3.78. The number of carbonyl (C=O) groups is 2. The van der Waals surface area contributed by atoms with Crippen molar-refractivity contribution in [1.82, 2.24) is 9.62 Å². The van der Waals surface area contributed by atoms with E-state index in [0.29, 0.717) is 6.54 Å². The van der Waals surface area contributed by atoms with Gasteiger partial charge in [0.2, 0.25) is 10.0 Å². The molecule has 1 heterocycles. The second-order valence-corrected chi connectivity index (χ2v) is 10.3. The third-order valence-corrected chi connectivity index (χ3v) is 7.41. The summed E-state index contributed by atoms with van der Waals surface area (Å²) in [6.07, 6.45) is 7.19. The highest BCUT2D eigenvalue weighted by Crippen LogP contribution is 2.22. The highest BCUT2D eigenvalue weighted by molar-refractivity contribution is 7.89. The summed E-state index contributed by atoms with van der Waals surface area (Å²) in [6, 6.07) is 5.70. The van der Waals surface area contributed by atoms with Gasteiger partial charge in [-0.15, -0.1) is 0 Å². The molecule has 2 atom stereocenters. The van der Waals surface area contributed by atoms with E-state index in [2.05, 4.69) is 11.4 Å². The fourth-order valence-electron chi connectivity index (χ4n) is 4.02. The molecule has 0 spiro atoms. The van der Waals surface area contributed by atoms with Crippen molar-refractivity contribution in [2.24, 2.45) is 0 Å². The molecule has 8 nitrogen and oxygen atoms in total. The quantitative estimate of drug-likeness (QED) is 0.469. The number of hydrogen-bond acceptors (Lipinski definition) is 6. The molecular formula is C23H32N2O6S. The SMILES string of the molecule is CC1CN(S(=O)(=O)c2cccc(C(=O)OCC(=O)NCCC3=CCCCC3)c2)CC(C)O1. The van der Waals surface area contributed by atoms with E-state index in [1.165, 1.54) is 47.0 Å². The smallest absolute Gasteiger partial charge is 0.338 e. The van der Waals surface area contributed by atoms with Crippen molar-refractivity contribution in [3.63, 3.8) is 0 Å². The van der Waals surface area contributed by atoms with Gasteiger partial charge in [-0.05, 0) is 64.2 Å². The maximum atomic E-state index is 13.0. The Hall–Kier alpha value is -2.23. The number of allylic oxidation sites excluding steroid dienone is 1. The Bertz CT molecular complexity index is 949. The molecule has 1 aromatic rings. The van der Waals surface area contributed by atoms with Crippen LogP contribution in [0.25, 0.3) is 0 Å². The van der Waals surface area contributed by atoms with Crippen LogP contribution in [0.15, 0.2) is 40.8 Å². The van der Waals surface area contributed by atoms with E-state index in [9.17, 15) is 18.0 Å². The minimum Gasteiger partial charge on any atom is -0.452 e. The molecule has 0 aromatic heterocycles. The molecule has 0 radical (unpaired) electrons. The molecule has 1 aliphatic heterocycles. The van der Waals surface area contributed by atoms with Crippen LogP contribution in [0.2, 0.25) is 0 Å². The van der Waals surface area contributed by atoms with Crippen LogP contribution in [-0.4, -0.2) is 63.0 Å². The van der Waals surface area contributed by atoms with Gasteiger partial charge in [-0.1, -0.05) is 17.7 Å². The van der Waals surface area contributed by atoms with Gasteiger partial charge < -0.3 is 14.8 Å². The van der Waals surface area contributed by atoms with Gasteiger partial charge in [-0.2, -0.15) is 4.31 Å². The molecule has 32 heavy (non-hydrogen) atoms. The average molecular weight is 465 g/mol. The van der Waals surface area contributed by atoms with E-state index in [1.54, 1.807) is 0 Å². The molecule has 1 amide bonds. The molecule has 1 aliphatic carbocycles. The van der Waals surface area contributed by atoms with Gasteiger partial charge in [-0.3, -0.25) is 4.79 Å². The van der Waals surface area contributed by atoms with Crippen molar-refractivity contribution in [3.8, 4) is 0 Å². The molecular weight excluding hydrogens is 432 g/mol. The van der Waals surface area contributed by atoms with Gasteiger partial charge in [0.1, 0.15) is 0 Å². The number of sulfonamides is 1. The highest BCUT2D eigenvalue weighted by atomic mass is 32.2. The number of esters is 1. The number of morpholine rings is 1. The molecule has 0 bridgehead atoms. The summed E-state index contributed by atoms with van der Waals surface area (Å²) in [5.41, 5.74) is 1.44. The monoisotopic (exact) mass is 464 g/mol. The van der Waals surface area contributed by atoms with Crippen LogP contribution in [0.3, 0.4) is 0 Å². The standard InChI is InChI=1S/C23H32N2O6S/c1-17-14-25(15-18(2)31-17)32(28,29)21-10-6-9-20(13-21)23(27)30-16-22(26)24-12-11-19-7-4-3-5-8-19/h6-7,9-10,13,17-18H,3-5,8,11-12,14-16H2,1-2H3,(H,24,26). The second-order valence-electron chi connectivity index (χ2n) is 8.39. The van der Waals surface area contributed by atoms with Gasteiger partial charge in [0, 0.05) is 19.6 Å². The number of nitrogens with one attached hydrogen (secondary N) is 1. The van der Waals surface area contributed by atoms with Crippen LogP contribution >= 0.6 is 0 Å². The Morgan fingerprint density at radius 1 is 1.19 bits per heavy atom. The maximum Gasteiger partial charge on any atom is 0.338 e. The number of amides is 1. The van der Waals surface area contributed by atoms with Crippen LogP contribution in [0.4, 0.5) is 0 Å². The zero-order valence-corrected chi connectivity index (χ0v) is 19.5. The molecule has 9 heteroatoms. The van der Waals surface area contributed by atoms with Crippen molar-refractivity contribution in [2.75, 3.05) is 26.2 Å². The third kappa shape index (κ3) is 6.63. The number of benzene rings is 1. The van der Waals surface area contributed by atoms with Crippen LogP contribution in [0.1, 0.15) is 56.3 Å². The van der Waals surface area contributed by atoms with Gasteiger partial charge in [0.15, 0.2) is 6.61 Å². The van der Waals surface area contributed by atoms with Gasteiger partial charge in [0.05, 0.1) is 22.7 Å². The second kappa shape index (κ2) is 11.1. The van der Waals surface area contributed by atoms with Crippen molar-refractivity contribution in [2.45, 2.75) is 63.1 Å². The Morgan fingerprint density at radius 3 is 2.62 bits per heavy atom. The molecule has 2 unspecified atom stereocenters. The minimum atomic E-state index is -3.78. The summed E-state index contributed by atoms with van der Waals surface area (Å²) in [4.78, 5) is 24.4. The van der Waals surface area contributed by atoms with E-state index in [1.807, 2.05) is 13.8 Å². The van der Waals surface area contributed by atoms with Gasteiger partial charge in [-0.25, -0.2) is 13.2 Å². The zero-order chi connectivity index (χ0) is 23.1. The largest absolute Gasteiger partial charge is 0.452 e. The number of hydrogen-bond donors (Lipinski definition) is 1. The fraction of sp³-hybridized carbons (Fsp3) is 0.565. The Kier molecular flexibility index (Phi) is 8.44. The zero-order valence-electron chi connectivity index (χ0n) is 18.7.